The number of amides is 1. The van der Waals surface area contributed by atoms with Crippen molar-refractivity contribution in [3.8, 4) is 0 Å². The normalized spacial score (nSPS) is 14.0. The van der Waals surface area contributed by atoms with E-state index in [1.54, 1.807) is 18.3 Å². The molecule has 1 aliphatic rings. The van der Waals surface area contributed by atoms with E-state index in [1.807, 2.05) is 12.1 Å². The van der Waals surface area contributed by atoms with Crippen LogP contribution in [-0.2, 0) is 22.7 Å². The van der Waals surface area contributed by atoms with Gasteiger partial charge in [-0.1, -0.05) is 12.1 Å². The highest BCUT2D eigenvalue weighted by atomic mass is 32.2. The number of ketones is 1. The van der Waals surface area contributed by atoms with Crippen LogP contribution in [0.25, 0.3) is 0 Å². The monoisotopic (exact) mass is 389 g/mol. The van der Waals surface area contributed by atoms with Gasteiger partial charge in [0.2, 0.25) is 0 Å². The summed E-state index contributed by atoms with van der Waals surface area (Å²) < 4.78 is 22.1. The molecule has 27 heavy (non-hydrogen) atoms. The SMILES string of the molecule is CS(=O)(=O)CNCCc1ccc(NC(=O)c2c[nH]c3c2C(=O)CCC3)cc1. The fraction of sp³-hybridized carbons (Fsp3) is 0.368. The molecule has 144 valence electrons. The summed E-state index contributed by atoms with van der Waals surface area (Å²) in [7, 11) is -3.02. The number of carbonyl (C=O) groups is 2. The van der Waals surface area contributed by atoms with E-state index in [0.29, 0.717) is 36.2 Å². The highest BCUT2D eigenvalue weighted by Gasteiger charge is 2.25. The smallest absolute Gasteiger partial charge is 0.257 e. The molecule has 0 fully saturated rings. The van der Waals surface area contributed by atoms with Crippen LogP contribution in [0.5, 0.6) is 0 Å². The minimum atomic E-state index is -3.02. The lowest BCUT2D eigenvalue weighted by Gasteiger charge is -2.12. The fourth-order valence-electron chi connectivity index (χ4n) is 3.16. The molecule has 0 atom stereocenters. The first-order valence-electron chi connectivity index (χ1n) is 8.85. The molecule has 0 saturated carbocycles. The van der Waals surface area contributed by atoms with E-state index >= 15 is 0 Å². The average Bonchev–Trinajstić information content (AvgIpc) is 3.05. The van der Waals surface area contributed by atoms with Gasteiger partial charge in [0.05, 0.1) is 17.0 Å². The van der Waals surface area contributed by atoms with Crippen molar-refractivity contribution in [3.05, 3.63) is 52.8 Å². The second kappa shape index (κ2) is 8.06. The van der Waals surface area contributed by atoms with Crippen LogP contribution in [-0.4, -0.2) is 43.8 Å². The third-order valence-corrected chi connectivity index (χ3v) is 5.21. The molecule has 1 aliphatic carbocycles. The summed E-state index contributed by atoms with van der Waals surface area (Å²) in [5.41, 5.74) is 3.43. The quantitative estimate of drug-likeness (QED) is 0.627. The maximum Gasteiger partial charge on any atom is 0.257 e. The Kier molecular flexibility index (Phi) is 5.76. The first-order chi connectivity index (χ1) is 12.8. The predicted molar refractivity (Wildman–Crippen MR) is 104 cm³/mol. The van der Waals surface area contributed by atoms with E-state index in [-0.39, 0.29) is 17.6 Å². The number of Topliss-reactive ketones (excluding diaryl/α,β-unsaturated/α-hetero) is 1. The first-order valence-corrected chi connectivity index (χ1v) is 10.9. The number of sulfone groups is 1. The molecule has 8 heteroatoms. The lowest BCUT2D eigenvalue weighted by atomic mass is 9.93. The average molecular weight is 389 g/mol. The Morgan fingerprint density at radius 2 is 1.93 bits per heavy atom. The van der Waals surface area contributed by atoms with E-state index < -0.39 is 9.84 Å². The van der Waals surface area contributed by atoms with E-state index in [2.05, 4.69) is 15.6 Å². The molecule has 0 spiro atoms. The predicted octanol–water partition coefficient (Wildman–Crippen LogP) is 1.92. The number of aromatic nitrogens is 1. The van der Waals surface area contributed by atoms with Crippen LogP contribution in [0.1, 0.15) is 44.8 Å². The van der Waals surface area contributed by atoms with Gasteiger partial charge < -0.3 is 15.6 Å². The second-order valence-electron chi connectivity index (χ2n) is 6.80. The van der Waals surface area contributed by atoms with Crippen LogP contribution >= 0.6 is 0 Å². The largest absolute Gasteiger partial charge is 0.364 e. The Hall–Kier alpha value is -2.45. The lowest BCUT2D eigenvalue weighted by molar-refractivity contribution is 0.0956. The van der Waals surface area contributed by atoms with E-state index in [1.165, 1.54) is 6.26 Å². The van der Waals surface area contributed by atoms with Crippen LogP contribution in [0.3, 0.4) is 0 Å². The molecule has 0 radical (unpaired) electrons. The van der Waals surface area contributed by atoms with Crippen molar-refractivity contribution < 1.29 is 18.0 Å². The number of aromatic amines is 1. The Balaban J connectivity index is 1.58. The molecule has 1 amide bonds. The Morgan fingerprint density at radius 3 is 2.63 bits per heavy atom. The molecule has 3 rings (SSSR count). The van der Waals surface area contributed by atoms with Gasteiger partial charge in [0, 0.05) is 36.8 Å². The molecule has 2 aromatic rings. The van der Waals surface area contributed by atoms with Crippen molar-refractivity contribution in [2.75, 3.05) is 24.0 Å². The number of aryl methyl sites for hydroxylation is 1. The molecule has 3 N–H and O–H groups in total. The molecule has 0 bridgehead atoms. The number of nitrogens with one attached hydrogen (secondary N) is 3. The van der Waals surface area contributed by atoms with Gasteiger partial charge in [-0.15, -0.1) is 0 Å². The number of hydrogen-bond acceptors (Lipinski definition) is 5. The summed E-state index contributed by atoms with van der Waals surface area (Å²) in [5.74, 6) is -0.328. The number of rotatable bonds is 7. The topological polar surface area (TPSA) is 108 Å². The maximum atomic E-state index is 12.5. The highest BCUT2D eigenvalue weighted by molar-refractivity contribution is 7.90. The van der Waals surface area contributed by atoms with Crippen molar-refractivity contribution >= 4 is 27.2 Å². The summed E-state index contributed by atoms with van der Waals surface area (Å²) in [6.45, 7) is 0.552. The zero-order chi connectivity index (χ0) is 19.4. The molecule has 0 saturated heterocycles. The first kappa shape index (κ1) is 19.3. The molecular weight excluding hydrogens is 366 g/mol. The minimum absolute atomic E-state index is 0.0135. The number of carbonyl (C=O) groups excluding carboxylic acids is 2. The van der Waals surface area contributed by atoms with Crippen molar-refractivity contribution in [2.24, 2.45) is 0 Å². The zero-order valence-electron chi connectivity index (χ0n) is 15.2. The van der Waals surface area contributed by atoms with Crippen LogP contribution < -0.4 is 10.6 Å². The van der Waals surface area contributed by atoms with E-state index in [4.69, 9.17) is 0 Å². The number of anilines is 1. The van der Waals surface area contributed by atoms with E-state index in [0.717, 1.165) is 24.1 Å². The molecule has 0 aliphatic heterocycles. The van der Waals surface area contributed by atoms with Gasteiger partial charge in [-0.3, -0.25) is 9.59 Å². The van der Waals surface area contributed by atoms with Gasteiger partial charge in [0.1, 0.15) is 0 Å². The Labute approximate surface area is 158 Å². The second-order valence-corrected chi connectivity index (χ2v) is 8.94. The maximum absolute atomic E-state index is 12.5. The van der Waals surface area contributed by atoms with Crippen LogP contribution in [0.4, 0.5) is 5.69 Å². The van der Waals surface area contributed by atoms with Gasteiger partial charge >= 0.3 is 0 Å². The van der Waals surface area contributed by atoms with Gasteiger partial charge in [-0.2, -0.15) is 0 Å². The number of benzene rings is 1. The van der Waals surface area contributed by atoms with Crippen molar-refractivity contribution in [1.82, 2.24) is 10.3 Å². The third kappa shape index (κ3) is 5.05. The summed E-state index contributed by atoms with van der Waals surface area (Å²) in [5, 5.41) is 5.70. The van der Waals surface area contributed by atoms with Crippen LogP contribution in [0.2, 0.25) is 0 Å². The van der Waals surface area contributed by atoms with Gasteiger partial charge in [-0.05, 0) is 37.0 Å². The lowest BCUT2D eigenvalue weighted by Crippen LogP contribution is -2.24. The third-order valence-electron chi connectivity index (χ3n) is 4.48. The van der Waals surface area contributed by atoms with Crippen molar-refractivity contribution in [3.63, 3.8) is 0 Å². The number of hydrogen-bond donors (Lipinski definition) is 3. The highest BCUT2D eigenvalue weighted by Crippen LogP contribution is 2.24. The number of H-pyrrole nitrogens is 1. The molecular formula is C19H23N3O4S. The van der Waals surface area contributed by atoms with Crippen LogP contribution in [0, 0.1) is 0 Å². The summed E-state index contributed by atoms with van der Waals surface area (Å²) in [6.07, 6.45) is 5.55. The molecule has 1 heterocycles. The van der Waals surface area contributed by atoms with Gasteiger partial charge in [-0.25, -0.2) is 8.42 Å². The fourth-order valence-corrected chi connectivity index (χ4v) is 3.67. The molecule has 0 unspecified atom stereocenters. The van der Waals surface area contributed by atoms with E-state index in [9.17, 15) is 18.0 Å². The number of fused-ring (bicyclic) bond motifs is 1. The Morgan fingerprint density at radius 1 is 1.19 bits per heavy atom. The molecule has 1 aromatic heterocycles. The van der Waals surface area contributed by atoms with Gasteiger partial charge in [0.25, 0.3) is 5.91 Å². The summed E-state index contributed by atoms with van der Waals surface area (Å²) in [4.78, 5) is 27.7. The molecule has 7 nitrogen and oxygen atoms in total. The Bertz CT molecular complexity index is 946. The summed E-state index contributed by atoms with van der Waals surface area (Å²) in [6, 6.07) is 7.36. The van der Waals surface area contributed by atoms with Crippen molar-refractivity contribution in [1.29, 1.82) is 0 Å². The zero-order valence-corrected chi connectivity index (χ0v) is 16.0. The summed E-state index contributed by atoms with van der Waals surface area (Å²) >= 11 is 0. The van der Waals surface area contributed by atoms with Crippen LogP contribution in [0.15, 0.2) is 30.5 Å². The van der Waals surface area contributed by atoms with Gasteiger partial charge in [0.15, 0.2) is 15.6 Å². The van der Waals surface area contributed by atoms with Crippen molar-refractivity contribution in [2.45, 2.75) is 25.7 Å². The standard InChI is InChI=1S/C19H23N3O4S/c1-27(25,26)12-20-10-9-13-5-7-14(8-6-13)22-19(24)15-11-21-16-3-2-4-17(23)18(15)16/h5-8,11,20-21H,2-4,9-10,12H2,1H3,(H,22,24). The molecule has 1 aromatic carbocycles. The minimum Gasteiger partial charge on any atom is -0.364 e.